The second-order valence-electron chi connectivity index (χ2n) is 4.82. The maximum Gasteiger partial charge on any atom is 0.0621 e. The number of rotatable bonds is 5. The van der Waals surface area contributed by atoms with Crippen LogP contribution in [0.25, 0.3) is 0 Å². The fourth-order valence-electron chi connectivity index (χ4n) is 2.97. The third-order valence-electron chi connectivity index (χ3n) is 3.71. The van der Waals surface area contributed by atoms with Crippen LogP contribution in [0.5, 0.6) is 0 Å². The molecule has 1 aromatic carbocycles. The maximum atomic E-state index is 5.36. The molecule has 0 aromatic heterocycles. The molecule has 0 fully saturated rings. The summed E-state index contributed by atoms with van der Waals surface area (Å²) in [6.45, 7) is 3.97. The molecule has 1 aliphatic rings. The summed E-state index contributed by atoms with van der Waals surface area (Å²) in [5.74, 6) is 0.611. The number of methoxy groups -OCH3 is 1. The molecule has 2 atom stereocenters. The molecule has 17 heavy (non-hydrogen) atoms. The minimum Gasteiger partial charge on any atom is -0.383 e. The molecular weight excluding hydrogens is 210 g/mol. The van der Waals surface area contributed by atoms with Gasteiger partial charge in [-0.25, -0.2) is 0 Å². The Hall–Kier alpha value is -0.860. The number of ether oxygens (including phenoxy) is 1. The van der Waals surface area contributed by atoms with Crippen molar-refractivity contribution < 1.29 is 4.74 Å². The Balaban J connectivity index is 2.20. The minimum absolute atomic E-state index is 0.450. The first-order valence-electron chi connectivity index (χ1n) is 6.67. The van der Waals surface area contributed by atoms with Crippen molar-refractivity contribution in [3.05, 3.63) is 35.4 Å². The molecule has 2 nitrogen and oxygen atoms in total. The molecule has 0 amide bonds. The number of nitrogens with one attached hydrogen (secondary N) is 1. The van der Waals surface area contributed by atoms with E-state index < -0.39 is 0 Å². The second kappa shape index (κ2) is 6.18. The zero-order valence-corrected chi connectivity index (χ0v) is 10.9. The molecule has 2 heteroatoms. The predicted octanol–water partition coefficient (Wildman–Crippen LogP) is 2.73. The highest BCUT2D eigenvalue weighted by atomic mass is 16.5. The van der Waals surface area contributed by atoms with Gasteiger partial charge in [0, 0.05) is 19.1 Å². The van der Waals surface area contributed by atoms with E-state index >= 15 is 0 Å². The van der Waals surface area contributed by atoms with Gasteiger partial charge in [-0.3, -0.25) is 0 Å². The highest BCUT2D eigenvalue weighted by Gasteiger charge is 2.26. The fourth-order valence-corrected chi connectivity index (χ4v) is 2.97. The predicted molar refractivity (Wildman–Crippen MR) is 71.5 cm³/mol. The van der Waals surface area contributed by atoms with Gasteiger partial charge in [-0.15, -0.1) is 0 Å². The van der Waals surface area contributed by atoms with Crippen LogP contribution in [-0.2, 0) is 11.2 Å². The van der Waals surface area contributed by atoms with Crippen molar-refractivity contribution in [3.63, 3.8) is 0 Å². The summed E-state index contributed by atoms with van der Waals surface area (Å²) in [5, 5.41) is 3.57. The zero-order valence-electron chi connectivity index (χ0n) is 10.9. The highest BCUT2D eigenvalue weighted by molar-refractivity contribution is 5.33. The quantitative estimate of drug-likeness (QED) is 0.844. The number of fused-ring (bicyclic) bond motifs is 1. The summed E-state index contributed by atoms with van der Waals surface area (Å²) >= 11 is 0. The van der Waals surface area contributed by atoms with Crippen LogP contribution in [0, 0.1) is 0 Å². The van der Waals surface area contributed by atoms with Crippen molar-refractivity contribution >= 4 is 0 Å². The standard InChI is InChI=1S/C15H23NO/c1-3-16-15(11-17-2)14-10-6-8-12-7-4-5-9-13(12)14/h4-5,7,9,14-16H,3,6,8,10-11H2,1-2H3. The summed E-state index contributed by atoms with van der Waals surface area (Å²) < 4.78 is 5.36. The SMILES string of the molecule is CCNC(COC)C1CCCc2ccccc21. The molecule has 1 N–H and O–H groups in total. The van der Waals surface area contributed by atoms with Gasteiger partial charge in [-0.2, -0.15) is 0 Å². The van der Waals surface area contributed by atoms with Crippen molar-refractivity contribution in [2.24, 2.45) is 0 Å². The van der Waals surface area contributed by atoms with Crippen LogP contribution in [0.3, 0.4) is 0 Å². The van der Waals surface area contributed by atoms with Gasteiger partial charge in [0.25, 0.3) is 0 Å². The third-order valence-corrected chi connectivity index (χ3v) is 3.71. The Morgan fingerprint density at radius 3 is 3.00 bits per heavy atom. The number of benzene rings is 1. The van der Waals surface area contributed by atoms with E-state index in [1.165, 1.54) is 30.4 Å². The van der Waals surface area contributed by atoms with E-state index in [1.807, 2.05) is 0 Å². The lowest BCUT2D eigenvalue weighted by Gasteiger charge is -2.32. The van der Waals surface area contributed by atoms with Gasteiger partial charge < -0.3 is 10.1 Å². The van der Waals surface area contributed by atoms with Crippen LogP contribution in [0.15, 0.2) is 24.3 Å². The zero-order chi connectivity index (χ0) is 12.1. The second-order valence-corrected chi connectivity index (χ2v) is 4.82. The van der Waals surface area contributed by atoms with Crippen molar-refractivity contribution in [2.75, 3.05) is 20.3 Å². The summed E-state index contributed by atoms with van der Waals surface area (Å²) in [6.07, 6.45) is 3.81. The molecule has 0 bridgehead atoms. The Bertz CT molecular complexity index is 345. The van der Waals surface area contributed by atoms with E-state index in [0.29, 0.717) is 12.0 Å². The number of hydrogen-bond acceptors (Lipinski definition) is 2. The smallest absolute Gasteiger partial charge is 0.0621 e. The fraction of sp³-hybridized carbons (Fsp3) is 0.600. The number of aryl methyl sites for hydroxylation is 1. The molecule has 2 unspecified atom stereocenters. The van der Waals surface area contributed by atoms with Gasteiger partial charge >= 0.3 is 0 Å². The topological polar surface area (TPSA) is 21.3 Å². The highest BCUT2D eigenvalue weighted by Crippen LogP contribution is 2.33. The van der Waals surface area contributed by atoms with Crippen molar-refractivity contribution in [3.8, 4) is 0 Å². The van der Waals surface area contributed by atoms with Gasteiger partial charge in [-0.05, 0) is 36.9 Å². The Labute approximate surface area is 104 Å². The van der Waals surface area contributed by atoms with Gasteiger partial charge in [0.05, 0.1) is 6.61 Å². The van der Waals surface area contributed by atoms with Gasteiger partial charge in [0.1, 0.15) is 0 Å². The number of likely N-dealkylation sites (N-methyl/N-ethyl adjacent to an activating group) is 1. The molecule has 0 heterocycles. The summed E-state index contributed by atoms with van der Waals surface area (Å²) in [6, 6.07) is 9.33. The molecule has 0 saturated carbocycles. The maximum absolute atomic E-state index is 5.36. The van der Waals surface area contributed by atoms with Crippen LogP contribution in [-0.4, -0.2) is 26.3 Å². The summed E-state index contributed by atoms with van der Waals surface area (Å²) in [4.78, 5) is 0. The van der Waals surface area contributed by atoms with E-state index in [4.69, 9.17) is 4.74 Å². The largest absolute Gasteiger partial charge is 0.383 e. The Morgan fingerprint density at radius 1 is 1.41 bits per heavy atom. The van der Waals surface area contributed by atoms with Crippen LogP contribution in [0.2, 0.25) is 0 Å². The van der Waals surface area contributed by atoms with Gasteiger partial charge in [0.15, 0.2) is 0 Å². The van der Waals surface area contributed by atoms with Gasteiger partial charge in [-0.1, -0.05) is 31.2 Å². The lowest BCUT2D eigenvalue weighted by Crippen LogP contribution is -2.39. The third kappa shape index (κ3) is 2.88. The molecule has 0 spiro atoms. The lowest BCUT2D eigenvalue weighted by atomic mass is 9.79. The Morgan fingerprint density at radius 2 is 2.24 bits per heavy atom. The summed E-state index contributed by atoms with van der Waals surface area (Å²) in [7, 11) is 1.79. The molecule has 94 valence electrons. The van der Waals surface area contributed by atoms with Crippen LogP contribution in [0.4, 0.5) is 0 Å². The molecule has 1 aromatic rings. The van der Waals surface area contributed by atoms with Crippen molar-refractivity contribution in [2.45, 2.75) is 38.1 Å². The first kappa shape index (κ1) is 12.6. The van der Waals surface area contributed by atoms with Gasteiger partial charge in [0.2, 0.25) is 0 Å². The van der Waals surface area contributed by atoms with E-state index in [1.54, 1.807) is 7.11 Å². The van der Waals surface area contributed by atoms with Crippen LogP contribution in [0.1, 0.15) is 36.8 Å². The van der Waals surface area contributed by atoms with E-state index in [-0.39, 0.29) is 0 Å². The molecule has 0 radical (unpaired) electrons. The van der Waals surface area contributed by atoms with Crippen LogP contribution < -0.4 is 5.32 Å². The lowest BCUT2D eigenvalue weighted by molar-refractivity contribution is 0.151. The monoisotopic (exact) mass is 233 g/mol. The Kier molecular flexibility index (Phi) is 4.57. The molecule has 2 rings (SSSR count). The van der Waals surface area contributed by atoms with Crippen molar-refractivity contribution in [1.82, 2.24) is 5.32 Å². The van der Waals surface area contributed by atoms with Crippen molar-refractivity contribution in [1.29, 1.82) is 0 Å². The minimum atomic E-state index is 0.450. The average Bonchev–Trinajstić information content (AvgIpc) is 2.38. The van der Waals surface area contributed by atoms with Crippen LogP contribution >= 0.6 is 0 Å². The van der Waals surface area contributed by atoms with E-state index in [0.717, 1.165) is 13.2 Å². The normalized spacial score (nSPS) is 20.9. The van der Waals surface area contributed by atoms with E-state index in [9.17, 15) is 0 Å². The average molecular weight is 233 g/mol. The molecule has 0 saturated heterocycles. The molecule has 1 aliphatic carbocycles. The summed E-state index contributed by atoms with van der Waals surface area (Å²) in [5.41, 5.74) is 3.06. The molecular formula is C15H23NO. The molecule has 0 aliphatic heterocycles. The van der Waals surface area contributed by atoms with E-state index in [2.05, 4.69) is 36.5 Å². The first-order chi connectivity index (χ1) is 8.36. The first-order valence-corrected chi connectivity index (χ1v) is 6.67. The number of hydrogen-bond donors (Lipinski definition) is 1.